The summed E-state index contributed by atoms with van der Waals surface area (Å²) < 4.78 is 28.0. The van der Waals surface area contributed by atoms with E-state index in [1.165, 1.54) is 6.26 Å². The molecule has 0 aliphatic rings. The van der Waals surface area contributed by atoms with Crippen LogP contribution in [0, 0.1) is 0 Å². The van der Waals surface area contributed by atoms with E-state index in [2.05, 4.69) is 0 Å². The van der Waals surface area contributed by atoms with Crippen LogP contribution >= 0.6 is 11.6 Å². The molecule has 2 rings (SSSR count). The van der Waals surface area contributed by atoms with E-state index < -0.39 is 15.2 Å². The Kier molecular flexibility index (Phi) is 4.02. The van der Waals surface area contributed by atoms with Gasteiger partial charge in [-0.15, -0.1) is 11.6 Å². The second-order valence-electron chi connectivity index (χ2n) is 4.46. The van der Waals surface area contributed by atoms with Gasteiger partial charge in [0, 0.05) is 11.6 Å². The van der Waals surface area contributed by atoms with E-state index in [1.807, 2.05) is 36.4 Å². The van der Waals surface area contributed by atoms with Gasteiger partial charge in [0.15, 0.2) is 0 Å². The van der Waals surface area contributed by atoms with Gasteiger partial charge in [-0.05, 0) is 17.0 Å². The highest BCUT2D eigenvalue weighted by Gasteiger charge is 2.18. The second-order valence-corrected chi connectivity index (χ2v) is 7.17. The molecule has 5 heteroatoms. The quantitative estimate of drug-likeness (QED) is 0.814. The fourth-order valence-electron chi connectivity index (χ4n) is 2.10. The standard InChI is InChI=1S/C14H15ClO3S/c1-18-14-8-7-11(13(15)9-19(2,16)17)10-5-3-4-6-12(10)14/h3-8,13H,9H2,1-2H3. The van der Waals surface area contributed by atoms with Crippen LogP contribution in [0.5, 0.6) is 5.75 Å². The Balaban J connectivity index is 2.56. The maximum atomic E-state index is 11.4. The number of halogens is 1. The molecular formula is C14H15ClO3S. The molecule has 102 valence electrons. The molecule has 2 aromatic carbocycles. The first kappa shape index (κ1) is 14.2. The van der Waals surface area contributed by atoms with Crippen molar-refractivity contribution >= 4 is 32.2 Å². The van der Waals surface area contributed by atoms with Crippen LogP contribution < -0.4 is 4.74 Å². The van der Waals surface area contributed by atoms with Crippen LogP contribution in [0.3, 0.4) is 0 Å². The molecule has 0 saturated carbocycles. The van der Waals surface area contributed by atoms with E-state index >= 15 is 0 Å². The fourth-order valence-corrected chi connectivity index (χ4v) is 3.69. The molecule has 19 heavy (non-hydrogen) atoms. The highest BCUT2D eigenvalue weighted by Crippen LogP contribution is 2.34. The molecule has 0 aromatic heterocycles. The minimum Gasteiger partial charge on any atom is -0.496 e. The van der Waals surface area contributed by atoms with Gasteiger partial charge < -0.3 is 4.74 Å². The number of benzene rings is 2. The molecule has 1 unspecified atom stereocenters. The Morgan fingerprint density at radius 2 is 1.79 bits per heavy atom. The van der Waals surface area contributed by atoms with Crippen molar-refractivity contribution in [3.63, 3.8) is 0 Å². The first-order valence-corrected chi connectivity index (χ1v) is 8.29. The Hall–Kier alpha value is -1.26. The van der Waals surface area contributed by atoms with Crippen molar-refractivity contribution in [3.05, 3.63) is 42.0 Å². The lowest BCUT2D eigenvalue weighted by Crippen LogP contribution is -2.09. The highest BCUT2D eigenvalue weighted by molar-refractivity contribution is 7.90. The number of hydrogen-bond acceptors (Lipinski definition) is 3. The minimum atomic E-state index is -3.12. The molecule has 0 heterocycles. The number of ether oxygens (including phenoxy) is 1. The van der Waals surface area contributed by atoms with Gasteiger partial charge >= 0.3 is 0 Å². The van der Waals surface area contributed by atoms with Crippen molar-refractivity contribution in [2.24, 2.45) is 0 Å². The summed E-state index contributed by atoms with van der Waals surface area (Å²) in [7, 11) is -1.51. The maximum Gasteiger partial charge on any atom is 0.149 e. The van der Waals surface area contributed by atoms with E-state index in [1.54, 1.807) is 7.11 Å². The van der Waals surface area contributed by atoms with Gasteiger partial charge in [0.1, 0.15) is 15.6 Å². The minimum absolute atomic E-state index is 0.0785. The molecule has 0 aliphatic heterocycles. The SMILES string of the molecule is COc1ccc(C(Cl)CS(C)(=O)=O)c2ccccc12. The summed E-state index contributed by atoms with van der Waals surface area (Å²) in [5.41, 5.74) is 0.809. The molecule has 1 atom stereocenters. The van der Waals surface area contributed by atoms with Crippen LogP contribution in [-0.4, -0.2) is 27.5 Å². The summed E-state index contributed by atoms with van der Waals surface area (Å²) in [5.74, 6) is 0.674. The Bertz CT molecular complexity index is 695. The average Bonchev–Trinajstić information content (AvgIpc) is 2.35. The monoisotopic (exact) mass is 298 g/mol. The van der Waals surface area contributed by atoms with Crippen LogP contribution in [0.1, 0.15) is 10.9 Å². The topological polar surface area (TPSA) is 43.4 Å². The summed E-state index contributed by atoms with van der Waals surface area (Å²) in [6, 6.07) is 11.3. The average molecular weight is 299 g/mol. The van der Waals surface area contributed by atoms with E-state index in [4.69, 9.17) is 16.3 Å². The van der Waals surface area contributed by atoms with E-state index in [-0.39, 0.29) is 5.75 Å². The summed E-state index contributed by atoms with van der Waals surface area (Å²) in [6.07, 6.45) is 1.19. The Labute approximate surface area is 118 Å². The zero-order valence-corrected chi connectivity index (χ0v) is 12.3. The highest BCUT2D eigenvalue weighted by atomic mass is 35.5. The molecule has 3 nitrogen and oxygen atoms in total. The lowest BCUT2D eigenvalue weighted by atomic mass is 10.0. The van der Waals surface area contributed by atoms with Crippen molar-refractivity contribution in [2.45, 2.75) is 5.38 Å². The van der Waals surface area contributed by atoms with Gasteiger partial charge in [-0.25, -0.2) is 8.42 Å². The van der Waals surface area contributed by atoms with Crippen molar-refractivity contribution in [2.75, 3.05) is 19.1 Å². The molecule has 0 radical (unpaired) electrons. The molecule has 0 fully saturated rings. The smallest absolute Gasteiger partial charge is 0.149 e. The van der Waals surface area contributed by atoms with Crippen LogP contribution in [-0.2, 0) is 9.84 Å². The number of fused-ring (bicyclic) bond motifs is 1. The second kappa shape index (κ2) is 5.39. The molecule has 0 amide bonds. The summed E-state index contributed by atoms with van der Waals surface area (Å²) in [5, 5.41) is 1.29. The van der Waals surface area contributed by atoms with E-state index in [0.29, 0.717) is 0 Å². The zero-order chi connectivity index (χ0) is 14.0. The largest absolute Gasteiger partial charge is 0.496 e. The third-order valence-corrected chi connectivity index (χ3v) is 4.44. The zero-order valence-electron chi connectivity index (χ0n) is 10.8. The molecule has 0 N–H and O–H groups in total. The number of hydrogen-bond donors (Lipinski definition) is 0. The van der Waals surface area contributed by atoms with Crippen molar-refractivity contribution in [1.82, 2.24) is 0 Å². The van der Waals surface area contributed by atoms with Gasteiger partial charge in [0.25, 0.3) is 0 Å². The number of alkyl halides is 1. The van der Waals surface area contributed by atoms with Crippen molar-refractivity contribution in [1.29, 1.82) is 0 Å². The van der Waals surface area contributed by atoms with E-state index in [0.717, 1.165) is 22.1 Å². The number of rotatable bonds is 4. The lowest BCUT2D eigenvalue weighted by molar-refractivity contribution is 0.419. The maximum absolute atomic E-state index is 11.4. The van der Waals surface area contributed by atoms with Crippen LogP contribution in [0.25, 0.3) is 10.8 Å². The van der Waals surface area contributed by atoms with Crippen LogP contribution in [0.2, 0.25) is 0 Å². The van der Waals surface area contributed by atoms with Gasteiger partial charge in [0.2, 0.25) is 0 Å². The predicted octanol–water partition coefficient (Wildman–Crippen LogP) is 3.17. The molecule has 2 aromatic rings. The van der Waals surface area contributed by atoms with E-state index in [9.17, 15) is 8.42 Å². The molecular weight excluding hydrogens is 284 g/mol. The van der Waals surface area contributed by atoms with Gasteiger partial charge in [-0.1, -0.05) is 30.3 Å². The normalized spacial score (nSPS) is 13.4. The molecule has 0 saturated heterocycles. The molecule has 0 aliphatic carbocycles. The van der Waals surface area contributed by atoms with Crippen molar-refractivity contribution < 1.29 is 13.2 Å². The summed E-state index contributed by atoms with van der Waals surface area (Å²) in [4.78, 5) is 0. The Morgan fingerprint density at radius 3 is 2.37 bits per heavy atom. The predicted molar refractivity (Wildman–Crippen MR) is 78.8 cm³/mol. The van der Waals surface area contributed by atoms with Gasteiger partial charge in [-0.3, -0.25) is 0 Å². The first-order chi connectivity index (χ1) is 8.92. The Morgan fingerprint density at radius 1 is 1.16 bits per heavy atom. The van der Waals surface area contributed by atoms with Gasteiger partial charge in [-0.2, -0.15) is 0 Å². The van der Waals surface area contributed by atoms with Gasteiger partial charge in [0.05, 0.1) is 18.2 Å². The summed E-state index contributed by atoms with van der Waals surface area (Å²) >= 11 is 6.25. The number of methoxy groups -OCH3 is 1. The first-order valence-electron chi connectivity index (χ1n) is 5.80. The third kappa shape index (κ3) is 3.19. The number of sulfone groups is 1. The van der Waals surface area contributed by atoms with Crippen LogP contribution in [0.4, 0.5) is 0 Å². The van der Waals surface area contributed by atoms with Crippen molar-refractivity contribution in [3.8, 4) is 5.75 Å². The fraction of sp³-hybridized carbons (Fsp3) is 0.286. The third-order valence-electron chi connectivity index (χ3n) is 2.92. The molecule has 0 bridgehead atoms. The molecule has 0 spiro atoms. The lowest BCUT2D eigenvalue weighted by Gasteiger charge is -2.14. The van der Waals surface area contributed by atoms with Crippen LogP contribution in [0.15, 0.2) is 36.4 Å². The summed E-state index contributed by atoms with van der Waals surface area (Å²) in [6.45, 7) is 0.